The molecule has 3 heteroatoms. The molecule has 18 heavy (non-hydrogen) atoms. The average Bonchev–Trinajstić information content (AvgIpc) is 2.91. The van der Waals surface area contributed by atoms with Gasteiger partial charge in [0.15, 0.2) is 0 Å². The van der Waals surface area contributed by atoms with Crippen LogP contribution in [0.15, 0.2) is 47.8 Å². The normalized spacial score (nSPS) is 16.2. The lowest BCUT2D eigenvalue weighted by Crippen LogP contribution is -2.36. The van der Waals surface area contributed by atoms with Gasteiger partial charge in [0.2, 0.25) is 0 Å². The summed E-state index contributed by atoms with van der Waals surface area (Å²) in [5.74, 6) is 0. The number of rotatable bonds is 5. The highest BCUT2D eigenvalue weighted by molar-refractivity contribution is 7.10. The van der Waals surface area contributed by atoms with Gasteiger partial charge in [0, 0.05) is 17.5 Å². The Bertz CT molecular complexity index is 465. The molecule has 2 nitrogen and oxygen atoms in total. The zero-order valence-electron chi connectivity index (χ0n) is 10.8. The highest BCUT2D eigenvalue weighted by Crippen LogP contribution is 2.22. The monoisotopic (exact) mass is 261 g/mol. The molecule has 0 fully saturated rings. The summed E-state index contributed by atoms with van der Waals surface area (Å²) in [6.07, 6.45) is 0. The minimum Gasteiger partial charge on any atom is -0.384 e. The third-order valence-corrected chi connectivity index (χ3v) is 4.17. The molecule has 0 aliphatic heterocycles. The van der Waals surface area contributed by atoms with E-state index in [9.17, 15) is 5.11 Å². The first kappa shape index (κ1) is 13.3. The number of hydrogen-bond acceptors (Lipinski definition) is 3. The van der Waals surface area contributed by atoms with Gasteiger partial charge >= 0.3 is 0 Å². The van der Waals surface area contributed by atoms with Crippen molar-refractivity contribution in [2.45, 2.75) is 25.5 Å². The summed E-state index contributed by atoms with van der Waals surface area (Å²) in [4.78, 5) is 1.29. The zero-order valence-corrected chi connectivity index (χ0v) is 11.6. The van der Waals surface area contributed by atoms with Gasteiger partial charge < -0.3 is 10.4 Å². The summed E-state index contributed by atoms with van der Waals surface area (Å²) in [5, 5.41) is 15.9. The third kappa shape index (κ3) is 3.19. The molecule has 1 heterocycles. The van der Waals surface area contributed by atoms with E-state index in [2.05, 4.69) is 23.7 Å². The maximum atomic E-state index is 10.5. The van der Waals surface area contributed by atoms with Crippen LogP contribution in [0.2, 0.25) is 0 Å². The third-order valence-electron chi connectivity index (χ3n) is 3.12. The Morgan fingerprint density at radius 2 is 1.94 bits per heavy atom. The van der Waals surface area contributed by atoms with Crippen LogP contribution >= 0.6 is 11.3 Å². The Kier molecular flexibility index (Phi) is 4.17. The van der Waals surface area contributed by atoms with Crippen LogP contribution in [0.5, 0.6) is 0 Å². The maximum Gasteiger partial charge on any atom is 0.0992 e. The first-order valence-corrected chi connectivity index (χ1v) is 7.02. The van der Waals surface area contributed by atoms with Crippen LogP contribution < -0.4 is 5.32 Å². The van der Waals surface area contributed by atoms with Crippen molar-refractivity contribution >= 4 is 11.3 Å². The van der Waals surface area contributed by atoms with Crippen LogP contribution in [-0.2, 0) is 5.60 Å². The van der Waals surface area contributed by atoms with Gasteiger partial charge in [-0.2, -0.15) is 0 Å². The lowest BCUT2D eigenvalue weighted by molar-refractivity contribution is 0.0545. The van der Waals surface area contributed by atoms with Gasteiger partial charge in [0.05, 0.1) is 5.60 Å². The van der Waals surface area contributed by atoms with E-state index in [-0.39, 0.29) is 6.04 Å². The fourth-order valence-electron chi connectivity index (χ4n) is 1.89. The Hall–Kier alpha value is -1.16. The van der Waals surface area contributed by atoms with Gasteiger partial charge in [-0.05, 0) is 30.9 Å². The smallest absolute Gasteiger partial charge is 0.0992 e. The second kappa shape index (κ2) is 5.65. The molecule has 0 spiro atoms. The standard InChI is InChI=1S/C15H19NOS/c1-12(14-9-6-10-18-14)16-11-15(2,17)13-7-4-3-5-8-13/h3-10,12,16-17H,11H2,1-2H3/t12-,15?/m1/s1. The Labute approximate surface area is 112 Å². The van der Waals surface area contributed by atoms with Crippen molar-refractivity contribution in [3.05, 3.63) is 58.3 Å². The molecule has 0 aliphatic rings. The summed E-state index contributed by atoms with van der Waals surface area (Å²) in [7, 11) is 0. The molecule has 0 aliphatic carbocycles. The van der Waals surface area contributed by atoms with Gasteiger partial charge in [0.1, 0.15) is 0 Å². The van der Waals surface area contributed by atoms with Crippen molar-refractivity contribution in [1.29, 1.82) is 0 Å². The average molecular weight is 261 g/mol. The number of thiophene rings is 1. The van der Waals surface area contributed by atoms with Gasteiger partial charge in [-0.1, -0.05) is 36.4 Å². The topological polar surface area (TPSA) is 32.3 Å². The number of benzene rings is 1. The quantitative estimate of drug-likeness (QED) is 0.865. The summed E-state index contributed by atoms with van der Waals surface area (Å²) in [5.41, 5.74) is 0.100. The van der Waals surface area contributed by atoms with Crippen LogP contribution in [0, 0.1) is 0 Å². The highest BCUT2D eigenvalue weighted by atomic mass is 32.1. The molecule has 2 atom stereocenters. The minimum atomic E-state index is -0.840. The Balaban J connectivity index is 1.97. The Morgan fingerprint density at radius 1 is 1.22 bits per heavy atom. The second-order valence-electron chi connectivity index (χ2n) is 4.76. The molecule has 0 amide bonds. The van der Waals surface area contributed by atoms with Crippen LogP contribution in [-0.4, -0.2) is 11.7 Å². The number of nitrogens with one attached hydrogen (secondary N) is 1. The van der Waals surface area contributed by atoms with Gasteiger partial charge in [-0.25, -0.2) is 0 Å². The van der Waals surface area contributed by atoms with Crippen LogP contribution in [0.1, 0.15) is 30.3 Å². The van der Waals surface area contributed by atoms with Crippen LogP contribution in [0.4, 0.5) is 0 Å². The molecule has 2 rings (SSSR count). The SMILES string of the molecule is C[C@@H](NCC(C)(O)c1ccccc1)c1cccs1. The fraction of sp³-hybridized carbons (Fsp3) is 0.333. The first-order valence-electron chi connectivity index (χ1n) is 6.14. The van der Waals surface area contributed by atoms with Crippen molar-refractivity contribution in [2.24, 2.45) is 0 Å². The number of hydrogen-bond donors (Lipinski definition) is 2. The van der Waals surface area contributed by atoms with Crippen LogP contribution in [0.3, 0.4) is 0 Å². The lowest BCUT2D eigenvalue weighted by atomic mass is 9.96. The molecule has 2 N–H and O–H groups in total. The van der Waals surface area contributed by atoms with Crippen molar-refractivity contribution in [2.75, 3.05) is 6.54 Å². The molecule has 96 valence electrons. The van der Waals surface area contributed by atoms with Crippen molar-refractivity contribution in [3.8, 4) is 0 Å². The molecule has 0 bridgehead atoms. The molecule has 1 aromatic carbocycles. The molecular formula is C15H19NOS. The van der Waals surface area contributed by atoms with Crippen molar-refractivity contribution in [1.82, 2.24) is 5.32 Å². The van der Waals surface area contributed by atoms with Gasteiger partial charge in [-0.15, -0.1) is 11.3 Å². The summed E-state index contributed by atoms with van der Waals surface area (Å²) in [6.45, 7) is 4.50. The van der Waals surface area contributed by atoms with E-state index in [1.807, 2.05) is 43.3 Å². The predicted molar refractivity (Wildman–Crippen MR) is 76.7 cm³/mol. The van der Waals surface area contributed by atoms with Gasteiger partial charge in [0.25, 0.3) is 0 Å². The second-order valence-corrected chi connectivity index (χ2v) is 5.74. The Morgan fingerprint density at radius 3 is 2.56 bits per heavy atom. The largest absolute Gasteiger partial charge is 0.384 e. The van der Waals surface area contributed by atoms with E-state index < -0.39 is 5.60 Å². The van der Waals surface area contributed by atoms with E-state index in [1.54, 1.807) is 11.3 Å². The highest BCUT2D eigenvalue weighted by Gasteiger charge is 2.23. The molecular weight excluding hydrogens is 242 g/mol. The fourth-order valence-corrected chi connectivity index (χ4v) is 2.65. The van der Waals surface area contributed by atoms with E-state index >= 15 is 0 Å². The molecule has 1 aromatic heterocycles. The van der Waals surface area contributed by atoms with Crippen molar-refractivity contribution < 1.29 is 5.11 Å². The minimum absolute atomic E-state index is 0.264. The molecule has 2 aromatic rings. The van der Waals surface area contributed by atoms with E-state index in [1.165, 1.54) is 4.88 Å². The maximum absolute atomic E-state index is 10.5. The summed E-state index contributed by atoms with van der Waals surface area (Å²) < 4.78 is 0. The molecule has 1 unspecified atom stereocenters. The van der Waals surface area contributed by atoms with Crippen LogP contribution in [0.25, 0.3) is 0 Å². The van der Waals surface area contributed by atoms with E-state index in [4.69, 9.17) is 0 Å². The zero-order chi connectivity index (χ0) is 13.0. The van der Waals surface area contributed by atoms with Gasteiger partial charge in [-0.3, -0.25) is 0 Å². The molecule has 0 saturated heterocycles. The summed E-state index contributed by atoms with van der Waals surface area (Å²) >= 11 is 1.73. The lowest BCUT2D eigenvalue weighted by Gasteiger charge is -2.26. The van der Waals surface area contributed by atoms with Crippen molar-refractivity contribution in [3.63, 3.8) is 0 Å². The van der Waals surface area contributed by atoms with E-state index in [0.29, 0.717) is 6.54 Å². The van der Waals surface area contributed by atoms with E-state index in [0.717, 1.165) is 5.56 Å². The number of aliphatic hydroxyl groups is 1. The predicted octanol–water partition coefficient (Wildman–Crippen LogP) is 3.31. The summed E-state index contributed by atoms with van der Waals surface area (Å²) in [6, 6.07) is 14.2. The molecule has 0 radical (unpaired) electrons. The first-order chi connectivity index (χ1) is 8.59. The molecule has 0 saturated carbocycles.